The Labute approximate surface area is 527 Å². The Morgan fingerprint density at radius 3 is 1.62 bits per heavy atom. The molecule has 0 aliphatic carbocycles. The monoisotopic (exact) mass is 1370 g/mol. The van der Waals surface area contributed by atoms with Crippen LogP contribution in [0.25, 0.3) is 17.1 Å². The van der Waals surface area contributed by atoms with Crippen molar-refractivity contribution in [3.05, 3.63) is 53.3 Å². The SMILES string of the molecule is CCNC(=O)c1nnc(-c2cc(C(C)C)c(O)cc2O)n1-c1ccc(CN2CCN(C(=O)CCNC(=O)CN(C)C(=O)[C@@H](CCC(=O)O)NC(=O)CN(C)C(=O)CN3CCN(CC(=O)O)CCN(CC(=O)O)CCN(CC(=O)O)CC3)CC2)cc1.[Lu]. The van der Waals surface area contributed by atoms with Crippen molar-refractivity contribution >= 4 is 59.3 Å². The molecule has 86 heavy (non-hydrogen) atoms. The van der Waals surface area contributed by atoms with Crippen molar-refractivity contribution in [3.63, 3.8) is 0 Å². The fourth-order valence-corrected chi connectivity index (χ4v) is 9.74. The van der Waals surface area contributed by atoms with E-state index in [2.05, 4.69) is 31.0 Å². The number of aliphatic carboxylic acids is 4. The molecule has 3 heterocycles. The summed E-state index contributed by atoms with van der Waals surface area (Å²) in [6.07, 6.45) is -0.901. The Morgan fingerprint density at radius 2 is 1.12 bits per heavy atom. The third-order valence-electron chi connectivity index (χ3n) is 14.4. The summed E-state index contributed by atoms with van der Waals surface area (Å²) < 4.78 is 1.55. The second kappa shape index (κ2) is 34.9. The quantitative estimate of drug-likeness (QED) is 0.0403. The molecule has 1 aromatic heterocycles. The molecule has 0 saturated carbocycles. The Kier molecular flexibility index (Phi) is 29.0. The Morgan fingerprint density at radius 1 is 0.605 bits per heavy atom. The van der Waals surface area contributed by atoms with Gasteiger partial charge >= 0.3 is 23.9 Å². The number of nitrogens with one attached hydrogen (secondary N) is 3. The summed E-state index contributed by atoms with van der Waals surface area (Å²) in [5.74, 6) is -8.18. The van der Waals surface area contributed by atoms with E-state index in [1.807, 2.05) is 38.1 Å². The zero-order valence-corrected chi connectivity index (χ0v) is 50.7. The predicted octanol–water partition coefficient (Wildman–Crippen LogP) is -1.89. The van der Waals surface area contributed by atoms with Gasteiger partial charge in [-0.15, -0.1) is 10.2 Å². The van der Waals surface area contributed by atoms with E-state index in [1.165, 1.54) is 20.2 Å². The van der Waals surface area contributed by atoms with Gasteiger partial charge in [-0.25, -0.2) is 0 Å². The molecule has 0 bridgehead atoms. The molecule has 2 aliphatic rings. The molecule has 30 nitrogen and oxygen atoms in total. The number of piperazine rings is 1. The van der Waals surface area contributed by atoms with Crippen LogP contribution in [0.4, 0.5) is 0 Å². The fraction of sp³-hybridized carbons (Fsp3) is 0.564. The van der Waals surface area contributed by atoms with Crippen LogP contribution in [-0.4, -0.2) is 295 Å². The van der Waals surface area contributed by atoms with Crippen molar-refractivity contribution in [2.45, 2.75) is 58.5 Å². The van der Waals surface area contributed by atoms with Crippen LogP contribution in [0.2, 0.25) is 0 Å². The normalized spacial score (nSPS) is 15.5. The van der Waals surface area contributed by atoms with E-state index in [-0.39, 0.29) is 175 Å². The van der Waals surface area contributed by atoms with Crippen molar-refractivity contribution in [2.75, 3.05) is 145 Å². The molecule has 481 valence electrons. The predicted molar refractivity (Wildman–Crippen MR) is 304 cm³/mol. The number of phenols is 2. The van der Waals surface area contributed by atoms with E-state index in [9.17, 15) is 78.6 Å². The molecule has 2 fully saturated rings. The molecule has 6 amide bonds. The number of benzene rings is 2. The summed E-state index contributed by atoms with van der Waals surface area (Å²) in [6.45, 7) is 7.32. The third-order valence-corrected chi connectivity index (χ3v) is 14.4. The Hall–Kier alpha value is -7.09. The average molecular weight is 1370 g/mol. The number of hydrogen-bond donors (Lipinski definition) is 9. The number of nitrogens with zero attached hydrogens (tertiary/aromatic N) is 11. The number of phenolic OH excluding ortho intramolecular Hbond substituents is 2. The van der Waals surface area contributed by atoms with Gasteiger partial charge in [0.15, 0.2) is 5.82 Å². The van der Waals surface area contributed by atoms with Crippen LogP contribution in [0.3, 0.4) is 0 Å². The summed E-state index contributed by atoms with van der Waals surface area (Å²) >= 11 is 0. The first kappa shape index (κ1) is 71.4. The van der Waals surface area contributed by atoms with Crippen molar-refractivity contribution in [2.24, 2.45) is 0 Å². The smallest absolute Gasteiger partial charge is 0.317 e. The number of aromatic nitrogens is 3. The van der Waals surface area contributed by atoms with Gasteiger partial charge < -0.3 is 61.3 Å². The van der Waals surface area contributed by atoms with E-state index < -0.39 is 79.0 Å². The largest absolute Gasteiger partial charge is 0.508 e. The van der Waals surface area contributed by atoms with Crippen molar-refractivity contribution in [1.82, 2.24) is 69.9 Å². The van der Waals surface area contributed by atoms with Crippen molar-refractivity contribution in [1.29, 1.82) is 0 Å². The molecular weight excluding hydrogens is 1290 g/mol. The third kappa shape index (κ3) is 22.6. The molecule has 3 aromatic rings. The average Bonchev–Trinajstić information content (AvgIpc) is 2.65. The second-order valence-electron chi connectivity index (χ2n) is 21.3. The molecule has 2 aliphatic heterocycles. The minimum atomic E-state index is -1.40. The Balaban J connectivity index is 0.0000158. The van der Waals surface area contributed by atoms with E-state index in [0.29, 0.717) is 50.5 Å². The zero-order chi connectivity index (χ0) is 62.5. The molecule has 2 aromatic carbocycles. The minimum Gasteiger partial charge on any atom is -0.508 e. The maximum absolute atomic E-state index is 13.6. The molecule has 5 rings (SSSR count). The number of amides is 6. The Bertz CT molecular complexity index is 2820. The molecule has 0 spiro atoms. The first-order valence-corrected chi connectivity index (χ1v) is 28.0. The maximum atomic E-state index is 13.6. The minimum absolute atomic E-state index is 0. The van der Waals surface area contributed by atoms with Gasteiger partial charge in [0.05, 0.1) is 44.8 Å². The van der Waals surface area contributed by atoms with Gasteiger partial charge in [0.2, 0.25) is 35.4 Å². The van der Waals surface area contributed by atoms with Crippen molar-refractivity contribution < 1.29 is 115 Å². The van der Waals surface area contributed by atoms with Crippen LogP contribution >= 0.6 is 0 Å². The van der Waals surface area contributed by atoms with Crippen LogP contribution in [0.5, 0.6) is 11.5 Å². The fourth-order valence-electron chi connectivity index (χ4n) is 9.74. The van der Waals surface area contributed by atoms with Crippen LogP contribution in [0.1, 0.15) is 67.7 Å². The van der Waals surface area contributed by atoms with Gasteiger partial charge in [-0.05, 0) is 48.6 Å². The van der Waals surface area contributed by atoms with Crippen LogP contribution < -0.4 is 16.0 Å². The molecule has 31 heteroatoms. The molecule has 1 radical (unpaired) electrons. The number of hydrogen-bond acceptors (Lipinski definition) is 19. The van der Waals surface area contributed by atoms with Crippen LogP contribution in [0, 0.1) is 36.9 Å². The van der Waals surface area contributed by atoms with E-state index >= 15 is 0 Å². The van der Waals surface area contributed by atoms with Gasteiger partial charge in [-0.3, -0.25) is 77.0 Å². The topological polar surface area (TPSA) is 385 Å². The molecule has 0 unspecified atom stereocenters. The van der Waals surface area contributed by atoms with Crippen LogP contribution in [-0.2, 0) is 49.7 Å². The van der Waals surface area contributed by atoms with Gasteiger partial charge in [0.25, 0.3) is 5.91 Å². The summed E-state index contributed by atoms with van der Waals surface area (Å²) in [5.41, 5.74) is 2.38. The molecule has 2 saturated heterocycles. The molecule has 9 N–H and O–H groups in total. The first-order chi connectivity index (χ1) is 40.3. The van der Waals surface area contributed by atoms with Gasteiger partial charge in [0.1, 0.15) is 17.5 Å². The van der Waals surface area contributed by atoms with Crippen LogP contribution in [0.15, 0.2) is 36.4 Å². The number of carbonyl (C=O) groups is 10. The molecule has 1 atom stereocenters. The van der Waals surface area contributed by atoms with Gasteiger partial charge in [-0.1, -0.05) is 26.0 Å². The van der Waals surface area contributed by atoms with Gasteiger partial charge in [0, 0.05) is 174 Å². The first-order valence-electron chi connectivity index (χ1n) is 28.0. The number of carboxylic acid groups (broad SMARTS) is 4. The standard InChI is InChI=1S/C55H80N14O16.Lu/c1-6-56-54(84)53-60-59-52(40-27-39(36(2)3)42(70)28-43(40)71)69(53)38-9-7-37(8-10-38)29-63-23-25-68(26-24-63)46(74)13-14-57-44(72)30-62(5)55(85)41(11-12-48(76)77)58-45(73)31-61(4)47(75)32-64-15-17-65(33-49(78)79)19-21-67(35-51(82)83)22-20-66(18-16-64)34-50(80)81;/h7-10,27-28,36,41,70-71H,6,11-26,29-35H2,1-5H3,(H,56,84)(H,57,72)(H,58,73)(H,76,77)(H,78,79)(H,80,81)(H,82,83);/t41-;/m1./s1. The molecular formula is C55H80LuN14O16. The number of aromatic hydroxyl groups is 2. The van der Waals surface area contributed by atoms with E-state index in [1.54, 1.807) is 42.1 Å². The van der Waals surface area contributed by atoms with Crippen molar-refractivity contribution in [3.8, 4) is 28.6 Å². The number of carbonyl (C=O) groups excluding carboxylic acids is 6. The number of likely N-dealkylation sites (N-methyl/N-ethyl adjacent to an activating group) is 2. The number of carboxylic acids is 4. The summed E-state index contributed by atoms with van der Waals surface area (Å²) in [7, 11) is 2.63. The summed E-state index contributed by atoms with van der Waals surface area (Å²) in [4.78, 5) is 139. The number of rotatable bonds is 27. The summed E-state index contributed by atoms with van der Waals surface area (Å²) in [6, 6.07) is 8.90. The van der Waals surface area contributed by atoms with Gasteiger partial charge in [-0.2, -0.15) is 0 Å². The second-order valence-corrected chi connectivity index (χ2v) is 21.3. The zero-order valence-electron chi connectivity index (χ0n) is 49.0. The van der Waals surface area contributed by atoms with E-state index in [0.717, 1.165) is 15.4 Å². The van der Waals surface area contributed by atoms with E-state index in [4.69, 9.17) is 0 Å². The summed E-state index contributed by atoms with van der Waals surface area (Å²) in [5, 5.41) is 75.6. The maximum Gasteiger partial charge on any atom is 0.317 e.